The molecule has 0 spiro atoms. The zero-order valence-corrected chi connectivity index (χ0v) is 10.4. The first-order chi connectivity index (χ1) is 7.65. The minimum absolute atomic E-state index is 0.0448. The van der Waals surface area contributed by atoms with Crippen LogP contribution in [0.25, 0.3) is 0 Å². The van der Waals surface area contributed by atoms with Crippen LogP contribution in [0.3, 0.4) is 0 Å². The normalized spacial score (nSPS) is 10.8. The minimum Gasteiger partial charge on any atom is -0.392 e. The van der Waals surface area contributed by atoms with Gasteiger partial charge in [-0.25, -0.2) is 0 Å². The molecule has 0 fully saturated rings. The van der Waals surface area contributed by atoms with Crippen LogP contribution in [-0.4, -0.2) is 24.4 Å². The summed E-state index contributed by atoms with van der Waals surface area (Å²) in [6, 6.07) is 5.55. The van der Waals surface area contributed by atoms with Crippen LogP contribution in [-0.2, 0) is 11.3 Å². The molecule has 0 unspecified atom stereocenters. The third-order valence-electron chi connectivity index (χ3n) is 2.12. The van der Waals surface area contributed by atoms with Crippen LogP contribution in [0.4, 0.5) is 5.69 Å². The van der Waals surface area contributed by atoms with Gasteiger partial charge in [-0.2, -0.15) is 0 Å². The van der Waals surface area contributed by atoms with Gasteiger partial charge in [-0.05, 0) is 25.5 Å². The molecule has 0 aromatic heterocycles. The van der Waals surface area contributed by atoms with Crippen LogP contribution in [0, 0.1) is 0 Å². The molecule has 0 bridgehead atoms. The number of nitrogens with one attached hydrogen (secondary N) is 1. The standard InChI is InChI=1S/C12H18ClNO2/c1-9(2)16-7-6-14-11-5-3-4-10(8-15)12(11)13/h3-5,9,14-15H,6-8H2,1-2H3. The second-order valence-corrected chi connectivity index (χ2v) is 4.16. The predicted octanol–water partition coefficient (Wildman–Crippen LogP) is 2.67. The molecule has 4 heteroatoms. The highest BCUT2D eigenvalue weighted by molar-refractivity contribution is 6.34. The summed E-state index contributed by atoms with van der Waals surface area (Å²) in [6.07, 6.45) is 0.237. The molecule has 0 aliphatic rings. The average molecular weight is 244 g/mol. The van der Waals surface area contributed by atoms with Crippen molar-refractivity contribution in [1.82, 2.24) is 0 Å². The zero-order chi connectivity index (χ0) is 12.0. The molecule has 3 nitrogen and oxygen atoms in total. The molecular formula is C12H18ClNO2. The summed E-state index contributed by atoms with van der Waals surface area (Å²) in [5.74, 6) is 0. The van der Waals surface area contributed by atoms with Crippen LogP contribution in [0.2, 0.25) is 5.02 Å². The van der Waals surface area contributed by atoms with Gasteiger partial charge in [0.25, 0.3) is 0 Å². The van der Waals surface area contributed by atoms with Gasteiger partial charge < -0.3 is 15.2 Å². The van der Waals surface area contributed by atoms with E-state index in [2.05, 4.69) is 5.32 Å². The van der Waals surface area contributed by atoms with Crippen molar-refractivity contribution in [1.29, 1.82) is 0 Å². The van der Waals surface area contributed by atoms with Gasteiger partial charge in [0.05, 0.1) is 30.0 Å². The van der Waals surface area contributed by atoms with Crippen LogP contribution in [0.1, 0.15) is 19.4 Å². The van der Waals surface area contributed by atoms with Crippen molar-refractivity contribution >= 4 is 17.3 Å². The first-order valence-corrected chi connectivity index (χ1v) is 5.76. The molecule has 0 aliphatic carbocycles. The third-order valence-corrected chi connectivity index (χ3v) is 2.56. The quantitative estimate of drug-likeness (QED) is 0.755. The predicted molar refractivity (Wildman–Crippen MR) is 67.0 cm³/mol. The van der Waals surface area contributed by atoms with E-state index >= 15 is 0 Å². The fraction of sp³-hybridized carbons (Fsp3) is 0.500. The van der Waals surface area contributed by atoms with E-state index in [1.807, 2.05) is 26.0 Å². The van der Waals surface area contributed by atoms with Crippen molar-refractivity contribution in [2.75, 3.05) is 18.5 Å². The number of benzene rings is 1. The summed E-state index contributed by atoms with van der Waals surface area (Å²) < 4.78 is 5.41. The van der Waals surface area contributed by atoms with E-state index in [4.69, 9.17) is 21.4 Å². The molecule has 1 rings (SSSR count). The lowest BCUT2D eigenvalue weighted by Gasteiger charge is -2.12. The molecule has 2 N–H and O–H groups in total. The summed E-state index contributed by atoms with van der Waals surface area (Å²) in [5, 5.41) is 12.8. The number of hydrogen-bond donors (Lipinski definition) is 2. The van der Waals surface area contributed by atoms with Crippen LogP contribution in [0.5, 0.6) is 0 Å². The van der Waals surface area contributed by atoms with Gasteiger partial charge >= 0.3 is 0 Å². The number of hydrogen-bond acceptors (Lipinski definition) is 3. The highest BCUT2D eigenvalue weighted by Gasteiger charge is 2.04. The Morgan fingerprint density at radius 3 is 2.81 bits per heavy atom. The van der Waals surface area contributed by atoms with Gasteiger partial charge in [-0.3, -0.25) is 0 Å². The first-order valence-electron chi connectivity index (χ1n) is 5.39. The molecule has 90 valence electrons. The maximum Gasteiger partial charge on any atom is 0.0697 e. The van der Waals surface area contributed by atoms with Gasteiger partial charge in [0.1, 0.15) is 0 Å². The molecule has 0 saturated heterocycles. The van der Waals surface area contributed by atoms with E-state index in [0.717, 1.165) is 11.3 Å². The number of aliphatic hydroxyl groups is 1. The molecule has 0 heterocycles. The third kappa shape index (κ3) is 4.00. The fourth-order valence-corrected chi connectivity index (χ4v) is 1.57. The molecule has 0 aliphatic heterocycles. The molecule has 0 atom stereocenters. The molecule has 1 aromatic rings. The Morgan fingerprint density at radius 2 is 2.19 bits per heavy atom. The lowest BCUT2D eigenvalue weighted by atomic mass is 10.2. The number of ether oxygens (including phenoxy) is 1. The van der Waals surface area contributed by atoms with Crippen molar-refractivity contribution in [2.24, 2.45) is 0 Å². The van der Waals surface area contributed by atoms with Gasteiger partial charge in [-0.15, -0.1) is 0 Å². The SMILES string of the molecule is CC(C)OCCNc1cccc(CO)c1Cl. The van der Waals surface area contributed by atoms with E-state index < -0.39 is 0 Å². The van der Waals surface area contributed by atoms with Crippen molar-refractivity contribution in [3.63, 3.8) is 0 Å². The van der Waals surface area contributed by atoms with Crippen molar-refractivity contribution < 1.29 is 9.84 Å². The fourth-order valence-electron chi connectivity index (χ4n) is 1.32. The highest BCUT2D eigenvalue weighted by Crippen LogP contribution is 2.25. The number of rotatable bonds is 6. The maximum absolute atomic E-state index is 9.05. The number of anilines is 1. The zero-order valence-electron chi connectivity index (χ0n) is 9.66. The molecule has 0 saturated carbocycles. The van der Waals surface area contributed by atoms with E-state index in [-0.39, 0.29) is 12.7 Å². The van der Waals surface area contributed by atoms with Gasteiger partial charge in [0.15, 0.2) is 0 Å². The minimum atomic E-state index is -0.0448. The molecule has 0 amide bonds. The van der Waals surface area contributed by atoms with Crippen molar-refractivity contribution in [3.8, 4) is 0 Å². The second kappa shape index (κ2) is 6.74. The summed E-state index contributed by atoms with van der Waals surface area (Å²) in [5.41, 5.74) is 1.57. The molecular weight excluding hydrogens is 226 g/mol. The first kappa shape index (κ1) is 13.3. The molecule has 0 radical (unpaired) electrons. The largest absolute Gasteiger partial charge is 0.392 e. The average Bonchev–Trinajstić information content (AvgIpc) is 2.26. The Morgan fingerprint density at radius 1 is 1.44 bits per heavy atom. The van der Waals surface area contributed by atoms with Crippen molar-refractivity contribution in [3.05, 3.63) is 28.8 Å². The second-order valence-electron chi connectivity index (χ2n) is 3.78. The molecule has 16 heavy (non-hydrogen) atoms. The van der Waals surface area contributed by atoms with E-state index in [9.17, 15) is 0 Å². The smallest absolute Gasteiger partial charge is 0.0697 e. The van der Waals surface area contributed by atoms with Crippen LogP contribution >= 0.6 is 11.6 Å². The van der Waals surface area contributed by atoms with Crippen LogP contribution in [0.15, 0.2) is 18.2 Å². The van der Waals surface area contributed by atoms with Gasteiger partial charge in [0.2, 0.25) is 0 Å². The summed E-state index contributed by atoms with van der Waals surface area (Å²) in [7, 11) is 0. The highest BCUT2D eigenvalue weighted by atomic mass is 35.5. The van der Waals surface area contributed by atoms with E-state index in [1.165, 1.54) is 0 Å². The summed E-state index contributed by atoms with van der Waals surface area (Å²) >= 11 is 6.09. The number of aliphatic hydroxyl groups excluding tert-OH is 1. The topological polar surface area (TPSA) is 41.5 Å². The Labute approximate surface area is 101 Å². The lowest BCUT2D eigenvalue weighted by Crippen LogP contribution is -2.13. The van der Waals surface area contributed by atoms with E-state index in [1.54, 1.807) is 6.07 Å². The van der Waals surface area contributed by atoms with Crippen LogP contribution < -0.4 is 5.32 Å². The lowest BCUT2D eigenvalue weighted by molar-refractivity contribution is 0.0870. The summed E-state index contributed by atoms with van der Waals surface area (Å²) in [6.45, 7) is 5.29. The van der Waals surface area contributed by atoms with Crippen molar-refractivity contribution in [2.45, 2.75) is 26.6 Å². The Bertz CT molecular complexity index is 329. The monoisotopic (exact) mass is 243 g/mol. The van der Waals surface area contributed by atoms with Gasteiger partial charge in [-0.1, -0.05) is 23.7 Å². The molecule has 1 aromatic carbocycles. The Balaban J connectivity index is 2.47. The Kier molecular flexibility index (Phi) is 5.60. The Hall–Kier alpha value is -0.770. The summed E-state index contributed by atoms with van der Waals surface area (Å²) in [4.78, 5) is 0. The van der Waals surface area contributed by atoms with E-state index in [0.29, 0.717) is 18.2 Å². The number of halogens is 1. The maximum atomic E-state index is 9.05. The van der Waals surface area contributed by atoms with Gasteiger partial charge in [0, 0.05) is 6.54 Å².